The van der Waals surface area contributed by atoms with Crippen LogP contribution < -0.4 is 0 Å². The van der Waals surface area contributed by atoms with Gasteiger partial charge in [0.15, 0.2) is 0 Å². The molecule has 0 unspecified atom stereocenters. The van der Waals surface area contributed by atoms with Crippen molar-refractivity contribution < 1.29 is 0 Å². The molecule has 0 amide bonds. The summed E-state index contributed by atoms with van der Waals surface area (Å²) in [5.41, 5.74) is 0.919. The van der Waals surface area contributed by atoms with Crippen molar-refractivity contribution in [3.63, 3.8) is 0 Å². The minimum Gasteiger partial charge on any atom is -0.0843 e. The Kier molecular flexibility index (Phi) is 2.14. The maximum Gasteiger partial charge on any atom is 0.0409 e. The molecule has 0 nitrogen and oxygen atoms in total. The molecule has 0 aliphatic rings. The summed E-state index contributed by atoms with van der Waals surface area (Å²) in [4.78, 5) is 0. The Morgan fingerprint density at radius 1 is 1.44 bits per heavy atom. The lowest BCUT2D eigenvalue weighted by atomic mass is 10.2. The summed E-state index contributed by atoms with van der Waals surface area (Å²) in [6.07, 6.45) is 0. The van der Waals surface area contributed by atoms with Gasteiger partial charge in [-0.15, -0.1) is 0 Å². The van der Waals surface area contributed by atoms with Crippen LogP contribution in [0.2, 0.25) is 5.02 Å². The van der Waals surface area contributed by atoms with Gasteiger partial charge >= 0.3 is 0 Å². The third kappa shape index (κ3) is 1.70. The number of rotatable bonds is 0. The summed E-state index contributed by atoms with van der Waals surface area (Å²) in [6, 6.07) is 5.51. The van der Waals surface area contributed by atoms with E-state index in [2.05, 4.69) is 22.9 Å². The normalized spacial score (nSPS) is 9.67. The Morgan fingerprint density at radius 3 is 2.56 bits per heavy atom. The molecule has 0 aliphatic carbocycles. The summed E-state index contributed by atoms with van der Waals surface area (Å²) in [7, 11) is 0. The molecular formula is C7H5BrCl. The smallest absolute Gasteiger partial charge is 0.0409 e. The van der Waals surface area contributed by atoms with Crippen LogP contribution in [0.3, 0.4) is 0 Å². The molecular weight excluding hydrogens is 199 g/mol. The fourth-order valence-corrected chi connectivity index (χ4v) is 0.985. The van der Waals surface area contributed by atoms with Crippen LogP contribution in [-0.2, 0) is 0 Å². The first-order valence-electron chi connectivity index (χ1n) is 2.47. The second-order valence-corrected chi connectivity index (χ2v) is 3.03. The third-order valence-corrected chi connectivity index (χ3v) is 2.02. The summed E-state index contributed by atoms with van der Waals surface area (Å²) < 4.78 is 0.993. The molecule has 1 aromatic rings. The van der Waals surface area contributed by atoms with Crippen molar-refractivity contribution in [1.82, 2.24) is 0 Å². The van der Waals surface area contributed by atoms with E-state index in [1.807, 2.05) is 18.2 Å². The van der Waals surface area contributed by atoms with Crippen LogP contribution in [0, 0.1) is 6.92 Å². The van der Waals surface area contributed by atoms with E-state index in [-0.39, 0.29) is 0 Å². The number of benzene rings is 1. The molecule has 1 rings (SSSR count). The third-order valence-electron chi connectivity index (χ3n) is 1.01. The second-order valence-electron chi connectivity index (χ2n) is 1.74. The molecule has 0 aliphatic heterocycles. The van der Waals surface area contributed by atoms with Crippen molar-refractivity contribution >= 4 is 27.5 Å². The van der Waals surface area contributed by atoms with Crippen molar-refractivity contribution in [2.24, 2.45) is 0 Å². The molecule has 0 heterocycles. The van der Waals surface area contributed by atoms with Crippen molar-refractivity contribution in [2.45, 2.75) is 0 Å². The maximum atomic E-state index is 5.66. The Balaban J connectivity index is 3.17. The highest BCUT2D eigenvalue weighted by Gasteiger charge is 1.92. The van der Waals surface area contributed by atoms with E-state index in [1.165, 1.54) is 0 Å². The van der Waals surface area contributed by atoms with Crippen LogP contribution in [0.5, 0.6) is 0 Å². The minimum atomic E-state index is 0.725. The quantitative estimate of drug-likeness (QED) is 0.608. The van der Waals surface area contributed by atoms with Crippen LogP contribution in [0.15, 0.2) is 22.7 Å². The van der Waals surface area contributed by atoms with Crippen molar-refractivity contribution in [2.75, 3.05) is 0 Å². The van der Waals surface area contributed by atoms with Gasteiger partial charge in [0.05, 0.1) is 0 Å². The summed E-state index contributed by atoms with van der Waals surface area (Å²) in [6.45, 7) is 3.75. The first kappa shape index (κ1) is 7.10. The van der Waals surface area contributed by atoms with Gasteiger partial charge in [0.1, 0.15) is 0 Å². The van der Waals surface area contributed by atoms with Gasteiger partial charge in [-0.05, 0) is 30.7 Å². The minimum absolute atomic E-state index is 0.725. The van der Waals surface area contributed by atoms with Crippen molar-refractivity contribution in [3.05, 3.63) is 40.2 Å². The van der Waals surface area contributed by atoms with E-state index < -0.39 is 0 Å². The Hall–Kier alpha value is -0.0100. The molecule has 1 aromatic carbocycles. The first-order valence-corrected chi connectivity index (χ1v) is 3.64. The van der Waals surface area contributed by atoms with E-state index in [0.29, 0.717) is 0 Å². The van der Waals surface area contributed by atoms with E-state index in [9.17, 15) is 0 Å². The lowest BCUT2D eigenvalue weighted by Gasteiger charge is -1.95. The monoisotopic (exact) mass is 203 g/mol. The summed E-state index contributed by atoms with van der Waals surface area (Å²) in [5.74, 6) is 0. The molecule has 47 valence electrons. The van der Waals surface area contributed by atoms with Gasteiger partial charge in [0.25, 0.3) is 0 Å². The lowest BCUT2D eigenvalue weighted by molar-refractivity contribution is 1.56. The number of hydrogen-bond donors (Lipinski definition) is 0. The van der Waals surface area contributed by atoms with Gasteiger partial charge in [0, 0.05) is 9.50 Å². The van der Waals surface area contributed by atoms with Crippen LogP contribution in [0.4, 0.5) is 0 Å². The van der Waals surface area contributed by atoms with Crippen LogP contribution >= 0.6 is 27.5 Å². The van der Waals surface area contributed by atoms with E-state index in [1.54, 1.807) is 0 Å². The van der Waals surface area contributed by atoms with Gasteiger partial charge < -0.3 is 0 Å². The highest BCUT2D eigenvalue weighted by molar-refractivity contribution is 9.10. The summed E-state index contributed by atoms with van der Waals surface area (Å²) >= 11 is 8.96. The van der Waals surface area contributed by atoms with Gasteiger partial charge in [-0.1, -0.05) is 27.5 Å². The zero-order chi connectivity index (χ0) is 6.85. The van der Waals surface area contributed by atoms with Gasteiger partial charge in [-0.2, -0.15) is 0 Å². The Morgan fingerprint density at radius 2 is 2.11 bits per heavy atom. The van der Waals surface area contributed by atoms with E-state index >= 15 is 0 Å². The average Bonchev–Trinajstić information content (AvgIpc) is 1.80. The fraction of sp³-hybridized carbons (Fsp3) is 0. The number of halogens is 2. The maximum absolute atomic E-state index is 5.66. The molecule has 1 radical (unpaired) electrons. The van der Waals surface area contributed by atoms with E-state index in [4.69, 9.17) is 11.6 Å². The van der Waals surface area contributed by atoms with Crippen molar-refractivity contribution in [3.8, 4) is 0 Å². The standard InChI is InChI=1S/C7H5BrCl/c1-5-4-6(9)2-3-7(5)8/h2-4H,1H2. The van der Waals surface area contributed by atoms with Gasteiger partial charge in [-0.25, -0.2) is 0 Å². The zero-order valence-electron chi connectivity index (χ0n) is 4.70. The van der Waals surface area contributed by atoms with Crippen LogP contribution in [-0.4, -0.2) is 0 Å². The highest BCUT2D eigenvalue weighted by atomic mass is 79.9. The number of hydrogen-bond acceptors (Lipinski definition) is 0. The molecule has 0 aromatic heterocycles. The van der Waals surface area contributed by atoms with Gasteiger partial charge in [-0.3, -0.25) is 0 Å². The molecule has 0 saturated heterocycles. The van der Waals surface area contributed by atoms with Crippen LogP contribution in [0.25, 0.3) is 0 Å². The Bertz CT molecular complexity index is 220. The summed E-state index contributed by atoms with van der Waals surface area (Å²) in [5, 5.41) is 0.725. The molecule has 2 heteroatoms. The predicted octanol–water partition coefficient (Wildman–Crippen LogP) is 3.28. The second kappa shape index (κ2) is 2.72. The van der Waals surface area contributed by atoms with Gasteiger partial charge in [0.2, 0.25) is 0 Å². The predicted molar refractivity (Wildman–Crippen MR) is 43.6 cm³/mol. The molecule has 0 saturated carbocycles. The zero-order valence-corrected chi connectivity index (χ0v) is 7.04. The molecule has 0 fully saturated rings. The molecule has 0 N–H and O–H groups in total. The SMILES string of the molecule is [CH2]c1cc(Cl)ccc1Br. The molecule has 0 bridgehead atoms. The van der Waals surface area contributed by atoms with Crippen LogP contribution in [0.1, 0.15) is 5.56 Å². The first-order chi connectivity index (χ1) is 4.20. The van der Waals surface area contributed by atoms with E-state index in [0.717, 1.165) is 15.1 Å². The Labute approximate surface area is 68.0 Å². The fourth-order valence-electron chi connectivity index (χ4n) is 0.543. The molecule has 0 atom stereocenters. The largest absolute Gasteiger partial charge is 0.0843 e. The molecule has 9 heavy (non-hydrogen) atoms. The highest BCUT2D eigenvalue weighted by Crippen LogP contribution is 2.19. The topological polar surface area (TPSA) is 0 Å². The van der Waals surface area contributed by atoms with Crippen molar-refractivity contribution in [1.29, 1.82) is 0 Å². The lowest BCUT2D eigenvalue weighted by Crippen LogP contribution is -1.72. The average molecular weight is 204 g/mol. The molecule has 0 spiro atoms.